The van der Waals surface area contributed by atoms with Crippen LogP contribution in [0.25, 0.3) is 0 Å². The van der Waals surface area contributed by atoms with Crippen molar-refractivity contribution in [1.82, 2.24) is 4.90 Å². The third kappa shape index (κ3) is 4.87. The van der Waals surface area contributed by atoms with Gasteiger partial charge < -0.3 is 4.74 Å². The van der Waals surface area contributed by atoms with E-state index in [4.69, 9.17) is 51.1 Å². The number of nitrogens with zero attached hydrogens (tertiary/aromatic N) is 1. The van der Waals surface area contributed by atoms with Crippen LogP contribution in [-0.4, -0.2) is 41.1 Å². The number of fused-ring (bicyclic) bond motifs is 1. The van der Waals surface area contributed by atoms with Crippen LogP contribution in [0.5, 0.6) is 0 Å². The minimum absolute atomic E-state index is 0.0474. The maximum absolute atomic E-state index is 13.1. The first-order valence-corrected chi connectivity index (χ1v) is 11.2. The monoisotopic (exact) mass is 533 g/mol. The number of Topliss-reactive ketones (excluding diaryl/α,β-unsaturated/α-hetero) is 1. The lowest BCUT2D eigenvalue weighted by atomic mass is 10.0. The highest BCUT2D eigenvalue weighted by atomic mass is 35.5. The van der Waals surface area contributed by atoms with Gasteiger partial charge in [-0.3, -0.25) is 19.3 Å². The lowest BCUT2D eigenvalue weighted by Crippen LogP contribution is -2.46. The molecule has 0 saturated carbocycles. The molecular weight excluding hydrogens is 519 g/mol. The summed E-state index contributed by atoms with van der Waals surface area (Å²) in [6.07, 6.45) is 0.0474. The van der Waals surface area contributed by atoms with Crippen LogP contribution >= 0.6 is 46.4 Å². The molecule has 11 heteroatoms. The quantitative estimate of drug-likeness (QED) is 0.146. The number of ketones is 1. The SMILES string of the molecule is CC(C)C[C@H](C(=O)OCC(=O)c1ccc(F)cc1)N1C(=O)c2c(Cl)c(Cl)c(Cl)c(Cl)c2C1=O. The molecule has 0 bridgehead atoms. The number of hydrogen-bond acceptors (Lipinski definition) is 5. The standard InChI is InChI=1S/C22H16Cl4FNO5/c1-9(2)7-12(22(32)33-8-13(29)10-3-5-11(27)6-4-10)28-20(30)14-15(21(28)31)17(24)19(26)18(25)16(14)23/h3-6,9,12H,7-8H2,1-2H3/t12-/m1/s1. The van der Waals surface area contributed by atoms with Gasteiger partial charge in [0, 0.05) is 5.56 Å². The highest BCUT2D eigenvalue weighted by Crippen LogP contribution is 2.45. The Bertz CT molecular complexity index is 1120. The van der Waals surface area contributed by atoms with Crippen LogP contribution in [-0.2, 0) is 9.53 Å². The molecule has 0 spiro atoms. The summed E-state index contributed by atoms with van der Waals surface area (Å²) in [4.78, 5) is 52.1. The molecule has 1 atom stereocenters. The molecule has 2 amide bonds. The Hall–Kier alpha value is -2.19. The number of benzene rings is 2. The van der Waals surface area contributed by atoms with Crippen molar-refractivity contribution in [3.8, 4) is 0 Å². The Kier molecular flexibility index (Phi) is 7.69. The zero-order valence-electron chi connectivity index (χ0n) is 17.3. The average Bonchev–Trinajstić information content (AvgIpc) is 3.03. The third-order valence-electron chi connectivity index (χ3n) is 4.92. The molecule has 33 heavy (non-hydrogen) atoms. The van der Waals surface area contributed by atoms with Gasteiger partial charge in [-0.25, -0.2) is 9.18 Å². The number of imide groups is 1. The maximum atomic E-state index is 13.1. The number of amides is 2. The Labute approximate surface area is 208 Å². The Morgan fingerprint density at radius 3 is 1.85 bits per heavy atom. The number of esters is 1. The molecule has 1 heterocycles. The summed E-state index contributed by atoms with van der Waals surface area (Å²) in [6.45, 7) is 2.88. The topological polar surface area (TPSA) is 80.8 Å². The summed E-state index contributed by atoms with van der Waals surface area (Å²) < 4.78 is 18.2. The zero-order valence-corrected chi connectivity index (χ0v) is 20.3. The van der Waals surface area contributed by atoms with E-state index in [1.54, 1.807) is 13.8 Å². The van der Waals surface area contributed by atoms with E-state index in [9.17, 15) is 23.6 Å². The molecular formula is C22H16Cl4FNO5. The van der Waals surface area contributed by atoms with Gasteiger partial charge in [0.25, 0.3) is 11.8 Å². The lowest BCUT2D eigenvalue weighted by molar-refractivity contribution is -0.147. The van der Waals surface area contributed by atoms with Crippen molar-refractivity contribution in [2.75, 3.05) is 6.61 Å². The molecule has 0 aliphatic carbocycles. The lowest BCUT2D eigenvalue weighted by Gasteiger charge is -2.25. The van der Waals surface area contributed by atoms with E-state index in [0.717, 1.165) is 12.1 Å². The first kappa shape index (κ1) is 25.4. The van der Waals surface area contributed by atoms with Crippen LogP contribution in [0.1, 0.15) is 51.3 Å². The summed E-state index contributed by atoms with van der Waals surface area (Å²) in [5.74, 6) is -3.99. The van der Waals surface area contributed by atoms with Crippen LogP contribution in [0.15, 0.2) is 24.3 Å². The Morgan fingerprint density at radius 2 is 1.39 bits per heavy atom. The number of halogens is 5. The number of carbonyl (C=O) groups excluding carboxylic acids is 4. The van der Waals surface area contributed by atoms with E-state index >= 15 is 0 Å². The van der Waals surface area contributed by atoms with Crippen LogP contribution in [0.2, 0.25) is 20.1 Å². The summed E-state index contributed by atoms with van der Waals surface area (Å²) in [5, 5.41) is -0.911. The summed E-state index contributed by atoms with van der Waals surface area (Å²) in [5.41, 5.74) is -0.386. The summed E-state index contributed by atoms with van der Waals surface area (Å²) in [7, 11) is 0. The molecule has 3 rings (SSSR count). The van der Waals surface area contributed by atoms with E-state index in [1.807, 2.05) is 0 Å². The fourth-order valence-electron chi connectivity index (χ4n) is 3.36. The largest absolute Gasteiger partial charge is 0.456 e. The predicted molar refractivity (Wildman–Crippen MR) is 122 cm³/mol. The molecule has 1 aliphatic heterocycles. The second kappa shape index (κ2) is 9.97. The molecule has 0 fully saturated rings. The molecule has 6 nitrogen and oxygen atoms in total. The molecule has 2 aromatic rings. The van der Waals surface area contributed by atoms with Crippen molar-refractivity contribution in [2.24, 2.45) is 5.92 Å². The first-order valence-electron chi connectivity index (χ1n) is 9.64. The van der Waals surface area contributed by atoms with Gasteiger partial charge in [0.05, 0.1) is 31.2 Å². The number of rotatable bonds is 7. The van der Waals surface area contributed by atoms with E-state index in [-0.39, 0.29) is 49.1 Å². The van der Waals surface area contributed by atoms with Crippen molar-refractivity contribution in [3.63, 3.8) is 0 Å². The maximum Gasteiger partial charge on any atom is 0.329 e. The number of hydrogen-bond donors (Lipinski definition) is 0. The van der Waals surface area contributed by atoms with Gasteiger partial charge in [-0.1, -0.05) is 60.3 Å². The highest BCUT2D eigenvalue weighted by molar-refractivity contribution is 6.55. The normalized spacial score (nSPS) is 14.0. The second-order valence-corrected chi connectivity index (χ2v) is 9.18. The van der Waals surface area contributed by atoms with Crippen molar-refractivity contribution in [3.05, 3.63) is 66.9 Å². The highest BCUT2D eigenvalue weighted by Gasteiger charge is 2.47. The Balaban J connectivity index is 1.89. The van der Waals surface area contributed by atoms with E-state index in [2.05, 4.69) is 0 Å². The summed E-state index contributed by atoms with van der Waals surface area (Å²) in [6, 6.07) is 3.33. The second-order valence-electron chi connectivity index (χ2n) is 7.67. The van der Waals surface area contributed by atoms with Crippen LogP contribution < -0.4 is 0 Å². The van der Waals surface area contributed by atoms with Crippen LogP contribution in [0.3, 0.4) is 0 Å². The zero-order chi connectivity index (χ0) is 24.6. The van der Waals surface area contributed by atoms with Gasteiger partial charge in [0.1, 0.15) is 11.9 Å². The molecule has 0 N–H and O–H groups in total. The van der Waals surface area contributed by atoms with Gasteiger partial charge in [-0.2, -0.15) is 0 Å². The fraction of sp³-hybridized carbons (Fsp3) is 0.273. The molecule has 174 valence electrons. The van der Waals surface area contributed by atoms with Crippen LogP contribution in [0.4, 0.5) is 4.39 Å². The molecule has 0 unspecified atom stereocenters. The van der Waals surface area contributed by atoms with Crippen molar-refractivity contribution in [2.45, 2.75) is 26.3 Å². The van der Waals surface area contributed by atoms with Crippen molar-refractivity contribution < 1.29 is 28.3 Å². The van der Waals surface area contributed by atoms with Gasteiger partial charge in [-0.15, -0.1) is 0 Å². The van der Waals surface area contributed by atoms with E-state index in [1.165, 1.54) is 12.1 Å². The average molecular weight is 535 g/mol. The minimum atomic E-state index is -1.36. The van der Waals surface area contributed by atoms with Gasteiger partial charge in [0.15, 0.2) is 12.4 Å². The summed E-state index contributed by atoms with van der Waals surface area (Å²) >= 11 is 24.3. The fourth-order valence-corrected chi connectivity index (χ4v) is 4.37. The Morgan fingerprint density at radius 1 is 0.909 bits per heavy atom. The van der Waals surface area contributed by atoms with Gasteiger partial charge in [-0.05, 0) is 36.6 Å². The molecule has 0 radical (unpaired) electrons. The van der Waals surface area contributed by atoms with Crippen molar-refractivity contribution >= 4 is 70.0 Å². The smallest absolute Gasteiger partial charge is 0.329 e. The minimum Gasteiger partial charge on any atom is -0.456 e. The van der Waals surface area contributed by atoms with Crippen molar-refractivity contribution in [1.29, 1.82) is 0 Å². The molecule has 1 aliphatic rings. The molecule has 2 aromatic carbocycles. The van der Waals surface area contributed by atoms with E-state index in [0.29, 0.717) is 4.90 Å². The van der Waals surface area contributed by atoms with Crippen LogP contribution in [0, 0.1) is 11.7 Å². The molecule has 0 saturated heterocycles. The third-order valence-corrected chi connectivity index (χ3v) is 6.72. The van der Waals surface area contributed by atoms with Gasteiger partial charge in [0.2, 0.25) is 0 Å². The van der Waals surface area contributed by atoms with E-state index < -0.39 is 42.0 Å². The number of carbonyl (C=O) groups is 4. The molecule has 0 aromatic heterocycles. The predicted octanol–water partition coefficient (Wildman–Crippen LogP) is 5.88. The number of ether oxygens (including phenoxy) is 1. The van der Waals surface area contributed by atoms with Gasteiger partial charge >= 0.3 is 5.97 Å². The first-order chi connectivity index (χ1) is 15.5.